The number of fused-ring (bicyclic) bond motifs is 3. The van der Waals surface area contributed by atoms with Crippen LogP contribution in [0, 0.1) is 5.41 Å². The molecule has 30 heavy (non-hydrogen) atoms. The van der Waals surface area contributed by atoms with Gasteiger partial charge in [-0.2, -0.15) is 4.98 Å². The second kappa shape index (κ2) is 6.39. The predicted octanol–water partition coefficient (Wildman–Crippen LogP) is 3.92. The zero-order valence-electron chi connectivity index (χ0n) is 17.3. The van der Waals surface area contributed by atoms with Gasteiger partial charge >= 0.3 is 5.97 Å². The lowest BCUT2D eigenvalue weighted by Crippen LogP contribution is -2.48. The van der Waals surface area contributed by atoms with Crippen LogP contribution in [-0.4, -0.2) is 33.8 Å². The number of hydrogen-bond donors (Lipinski definition) is 2. The van der Waals surface area contributed by atoms with Crippen molar-refractivity contribution in [3.8, 4) is 0 Å². The highest BCUT2D eigenvalue weighted by Crippen LogP contribution is 2.58. The standard InChI is InChI=1S/C24H29N3O3/c28-21(29)23-9-6-22(7-10-23,8-11-23)20-26-19(27-30-20)24(12-13-24)15-25-18-14-17(18)16-4-2-1-3-5-16/h1-5,17-18,25H,6-15H2,(H,28,29)/t17-,18+,22?,23?/m1/s1. The third kappa shape index (κ3) is 2.83. The molecular formula is C24H29N3O3. The van der Waals surface area contributed by atoms with Crippen LogP contribution in [0.4, 0.5) is 0 Å². The molecule has 1 aromatic carbocycles. The van der Waals surface area contributed by atoms with E-state index in [1.54, 1.807) is 0 Å². The van der Waals surface area contributed by atoms with E-state index in [0.29, 0.717) is 12.0 Å². The minimum absolute atomic E-state index is 0.0242. The Hall–Kier alpha value is -2.21. The van der Waals surface area contributed by atoms with Gasteiger partial charge in [-0.3, -0.25) is 4.79 Å². The highest BCUT2D eigenvalue weighted by molar-refractivity contribution is 5.75. The molecule has 2 atom stereocenters. The molecule has 2 N–H and O–H groups in total. The summed E-state index contributed by atoms with van der Waals surface area (Å²) in [5, 5.41) is 17.8. The molecule has 7 rings (SSSR count). The number of aliphatic carboxylic acids is 1. The Morgan fingerprint density at radius 1 is 1.07 bits per heavy atom. The minimum Gasteiger partial charge on any atom is -0.481 e. The van der Waals surface area contributed by atoms with E-state index in [2.05, 4.69) is 40.8 Å². The first-order chi connectivity index (χ1) is 14.5. The van der Waals surface area contributed by atoms with Crippen molar-refractivity contribution in [3.63, 3.8) is 0 Å². The van der Waals surface area contributed by atoms with Crippen molar-refractivity contribution in [2.24, 2.45) is 5.41 Å². The first-order valence-corrected chi connectivity index (χ1v) is 11.4. The average Bonchev–Trinajstić information content (AvgIpc) is 3.70. The highest BCUT2D eigenvalue weighted by Gasteiger charge is 2.56. The van der Waals surface area contributed by atoms with Crippen LogP contribution < -0.4 is 5.32 Å². The molecule has 1 aromatic heterocycles. The second-order valence-electron chi connectivity index (χ2n) is 10.3. The lowest BCUT2D eigenvalue weighted by atomic mass is 9.53. The topological polar surface area (TPSA) is 88.2 Å². The van der Waals surface area contributed by atoms with E-state index in [-0.39, 0.29) is 10.8 Å². The summed E-state index contributed by atoms with van der Waals surface area (Å²) in [6.45, 7) is 0.912. The smallest absolute Gasteiger partial charge is 0.309 e. The molecule has 5 fully saturated rings. The number of rotatable bonds is 7. The van der Waals surface area contributed by atoms with E-state index >= 15 is 0 Å². The van der Waals surface area contributed by atoms with Crippen LogP contribution in [0.15, 0.2) is 34.9 Å². The molecule has 2 aromatic rings. The van der Waals surface area contributed by atoms with Crippen LogP contribution in [0.3, 0.4) is 0 Å². The van der Waals surface area contributed by atoms with Crippen LogP contribution >= 0.6 is 0 Å². The molecule has 2 bridgehead atoms. The fourth-order valence-electron chi connectivity index (χ4n) is 5.93. The number of nitrogens with zero attached hydrogens (tertiary/aromatic N) is 2. The van der Waals surface area contributed by atoms with Crippen molar-refractivity contribution < 1.29 is 14.4 Å². The fraction of sp³-hybridized carbons (Fsp3) is 0.625. The second-order valence-corrected chi connectivity index (χ2v) is 10.3. The summed E-state index contributed by atoms with van der Waals surface area (Å²) in [6.07, 6.45) is 8.17. The highest BCUT2D eigenvalue weighted by atomic mass is 16.5. The molecule has 5 aliphatic carbocycles. The van der Waals surface area contributed by atoms with E-state index in [0.717, 1.165) is 69.6 Å². The van der Waals surface area contributed by atoms with E-state index in [1.165, 1.54) is 12.0 Å². The van der Waals surface area contributed by atoms with Crippen molar-refractivity contribution in [1.29, 1.82) is 0 Å². The first-order valence-electron chi connectivity index (χ1n) is 11.4. The fourth-order valence-corrected chi connectivity index (χ4v) is 5.93. The van der Waals surface area contributed by atoms with Gasteiger partial charge in [0.1, 0.15) is 0 Å². The molecule has 1 heterocycles. The molecule has 0 saturated heterocycles. The molecule has 0 spiro atoms. The van der Waals surface area contributed by atoms with Gasteiger partial charge in [0.25, 0.3) is 0 Å². The molecule has 5 saturated carbocycles. The minimum atomic E-state index is -0.626. The number of carboxylic acid groups (broad SMARTS) is 1. The van der Waals surface area contributed by atoms with Gasteiger partial charge in [-0.05, 0) is 63.4 Å². The van der Waals surface area contributed by atoms with Gasteiger partial charge in [0.15, 0.2) is 5.82 Å². The Morgan fingerprint density at radius 3 is 2.40 bits per heavy atom. The number of hydrogen-bond acceptors (Lipinski definition) is 5. The summed E-state index contributed by atoms with van der Waals surface area (Å²) >= 11 is 0. The predicted molar refractivity (Wildman–Crippen MR) is 110 cm³/mol. The van der Waals surface area contributed by atoms with Crippen molar-refractivity contribution in [3.05, 3.63) is 47.6 Å². The van der Waals surface area contributed by atoms with Crippen LogP contribution in [0.5, 0.6) is 0 Å². The third-order valence-electron chi connectivity index (χ3n) is 8.63. The van der Waals surface area contributed by atoms with E-state index in [1.807, 2.05) is 0 Å². The molecule has 0 amide bonds. The number of aromatic nitrogens is 2. The Morgan fingerprint density at radius 2 is 1.77 bits per heavy atom. The zero-order chi connectivity index (χ0) is 20.4. The number of carboxylic acids is 1. The Balaban J connectivity index is 1.12. The summed E-state index contributed by atoms with van der Waals surface area (Å²) in [5.41, 5.74) is 0.844. The SMILES string of the molecule is O=C(O)C12CCC(c3nc(C4(CN[C@H]5C[C@@H]5c5ccccc5)CC4)no3)(CC1)CC2. The van der Waals surface area contributed by atoms with Gasteiger partial charge in [-0.1, -0.05) is 35.5 Å². The summed E-state index contributed by atoms with van der Waals surface area (Å²) in [6, 6.07) is 11.3. The van der Waals surface area contributed by atoms with Crippen molar-refractivity contribution in [1.82, 2.24) is 15.5 Å². The van der Waals surface area contributed by atoms with Crippen LogP contribution in [0.2, 0.25) is 0 Å². The van der Waals surface area contributed by atoms with Gasteiger partial charge in [0.2, 0.25) is 5.89 Å². The third-order valence-corrected chi connectivity index (χ3v) is 8.63. The summed E-state index contributed by atoms with van der Waals surface area (Å²) in [4.78, 5) is 16.6. The van der Waals surface area contributed by atoms with E-state index in [9.17, 15) is 9.90 Å². The monoisotopic (exact) mass is 407 g/mol. The van der Waals surface area contributed by atoms with Crippen LogP contribution in [-0.2, 0) is 15.6 Å². The maximum atomic E-state index is 11.7. The lowest BCUT2D eigenvalue weighted by Gasteiger charge is -2.49. The summed E-state index contributed by atoms with van der Waals surface area (Å²) < 4.78 is 5.82. The number of nitrogens with one attached hydrogen (secondary N) is 1. The number of benzene rings is 1. The maximum Gasteiger partial charge on any atom is 0.309 e. The Labute approximate surface area is 176 Å². The Kier molecular flexibility index (Phi) is 3.95. The lowest BCUT2D eigenvalue weighted by molar-refractivity contribution is -0.156. The molecular weight excluding hydrogens is 378 g/mol. The molecule has 6 heteroatoms. The Bertz CT molecular complexity index is 941. The van der Waals surface area contributed by atoms with Gasteiger partial charge in [-0.15, -0.1) is 0 Å². The van der Waals surface area contributed by atoms with Crippen molar-refractivity contribution >= 4 is 5.97 Å². The molecule has 0 radical (unpaired) electrons. The molecule has 5 aliphatic rings. The molecule has 6 nitrogen and oxygen atoms in total. The zero-order valence-corrected chi connectivity index (χ0v) is 17.3. The maximum absolute atomic E-state index is 11.7. The molecule has 0 aliphatic heterocycles. The van der Waals surface area contributed by atoms with Crippen LogP contribution in [0.1, 0.15) is 81.0 Å². The largest absolute Gasteiger partial charge is 0.481 e. The van der Waals surface area contributed by atoms with Crippen molar-refractivity contribution in [2.45, 2.75) is 80.6 Å². The molecule has 158 valence electrons. The van der Waals surface area contributed by atoms with E-state index < -0.39 is 11.4 Å². The number of carbonyl (C=O) groups is 1. The quantitative estimate of drug-likeness (QED) is 0.723. The normalized spacial score (nSPS) is 35.9. The van der Waals surface area contributed by atoms with Gasteiger partial charge < -0.3 is 14.9 Å². The van der Waals surface area contributed by atoms with Gasteiger partial charge in [0, 0.05) is 29.3 Å². The summed E-state index contributed by atoms with van der Waals surface area (Å²) in [7, 11) is 0. The van der Waals surface area contributed by atoms with Gasteiger partial charge in [0.05, 0.1) is 5.41 Å². The average molecular weight is 408 g/mol. The van der Waals surface area contributed by atoms with Crippen molar-refractivity contribution in [2.75, 3.05) is 6.54 Å². The van der Waals surface area contributed by atoms with Crippen LogP contribution in [0.25, 0.3) is 0 Å². The first kappa shape index (κ1) is 18.6. The summed E-state index contributed by atoms with van der Waals surface area (Å²) in [5.74, 6) is 1.62. The van der Waals surface area contributed by atoms with Gasteiger partial charge in [-0.25, -0.2) is 0 Å². The van der Waals surface area contributed by atoms with E-state index in [4.69, 9.17) is 9.51 Å². The molecule has 0 unspecified atom stereocenters.